The third-order valence-electron chi connectivity index (χ3n) is 2.84. The number of nitrogens with zero attached hydrogens (tertiary/aromatic N) is 2. The molecule has 0 aliphatic rings. The average Bonchev–Trinajstić information content (AvgIpc) is 2.43. The van der Waals surface area contributed by atoms with E-state index in [9.17, 15) is 12.8 Å². The maximum absolute atomic E-state index is 13.8. The van der Waals surface area contributed by atoms with Crippen LogP contribution >= 0.6 is 0 Å². The Kier molecular flexibility index (Phi) is 6.30. The van der Waals surface area contributed by atoms with Crippen molar-refractivity contribution in [3.63, 3.8) is 0 Å². The number of hydrogen-bond donors (Lipinski definition) is 1. The highest BCUT2D eigenvalue weighted by Gasteiger charge is 2.21. The zero-order valence-corrected chi connectivity index (χ0v) is 13.2. The van der Waals surface area contributed by atoms with Crippen molar-refractivity contribution >= 4 is 10.0 Å². The van der Waals surface area contributed by atoms with E-state index in [0.29, 0.717) is 13.1 Å². The number of rotatable bonds is 5. The van der Waals surface area contributed by atoms with Crippen molar-refractivity contribution in [3.05, 3.63) is 29.6 Å². The third-order valence-corrected chi connectivity index (χ3v) is 4.69. The average molecular weight is 313 g/mol. The fraction of sp³-hybridized carbons (Fsp3) is 0.429. The summed E-state index contributed by atoms with van der Waals surface area (Å²) in [6.07, 6.45) is 0. The molecule has 7 heteroatoms. The van der Waals surface area contributed by atoms with Gasteiger partial charge in [-0.3, -0.25) is 0 Å². The Morgan fingerprint density at radius 2 is 1.90 bits per heavy atom. The molecular weight excluding hydrogens is 293 g/mol. The fourth-order valence-electron chi connectivity index (χ4n) is 1.54. The van der Waals surface area contributed by atoms with Crippen molar-refractivity contribution < 1.29 is 12.8 Å². The van der Waals surface area contributed by atoms with E-state index in [1.807, 2.05) is 19.0 Å². The third kappa shape index (κ3) is 4.79. The van der Waals surface area contributed by atoms with Gasteiger partial charge in [0.05, 0.1) is 17.0 Å². The molecule has 0 aromatic heterocycles. The van der Waals surface area contributed by atoms with Crippen molar-refractivity contribution in [2.75, 3.05) is 40.8 Å². The maximum Gasteiger partial charge on any atom is 0.242 e. The Hall–Kier alpha value is -1.46. The molecule has 1 aromatic carbocycles. The quantitative estimate of drug-likeness (QED) is 0.795. The van der Waals surface area contributed by atoms with Gasteiger partial charge >= 0.3 is 0 Å². The SMILES string of the molecule is CN(C)CCN(C)S(=O)(=O)c1ccc(C#CCN)c(F)c1. The van der Waals surface area contributed by atoms with Crippen LogP contribution in [0, 0.1) is 17.7 Å². The summed E-state index contributed by atoms with van der Waals surface area (Å²) in [6, 6.07) is 3.69. The van der Waals surface area contributed by atoms with E-state index >= 15 is 0 Å². The molecule has 0 radical (unpaired) electrons. The van der Waals surface area contributed by atoms with E-state index in [1.165, 1.54) is 23.5 Å². The van der Waals surface area contributed by atoms with E-state index in [-0.39, 0.29) is 17.0 Å². The minimum atomic E-state index is -3.70. The molecule has 116 valence electrons. The number of hydrogen-bond acceptors (Lipinski definition) is 4. The first-order valence-corrected chi connectivity index (χ1v) is 7.82. The summed E-state index contributed by atoms with van der Waals surface area (Å²) in [7, 11) is 1.47. The highest BCUT2D eigenvalue weighted by atomic mass is 32.2. The van der Waals surface area contributed by atoms with Crippen molar-refractivity contribution in [1.29, 1.82) is 0 Å². The maximum atomic E-state index is 13.8. The lowest BCUT2D eigenvalue weighted by atomic mass is 10.2. The largest absolute Gasteiger partial charge is 0.320 e. The van der Waals surface area contributed by atoms with E-state index < -0.39 is 15.8 Å². The van der Waals surface area contributed by atoms with Crippen LogP contribution in [0.1, 0.15) is 5.56 Å². The van der Waals surface area contributed by atoms with E-state index in [2.05, 4.69) is 11.8 Å². The molecule has 1 aromatic rings. The van der Waals surface area contributed by atoms with E-state index in [1.54, 1.807) is 0 Å². The van der Waals surface area contributed by atoms with Gasteiger partial charge in [0.2, 0.25) is 10.0 Å². The van der Waals surface area contributed by atoms with Gasteiger partial charge in [0.15, 0.2) is 0 Å². The zero-order valence-electron chi connectivity index (χ0n) is 12.4. The van der Waals surface area contributed by atoms with Crippen LogP contribution in [-0.2, 0) is 10.0 Å². The lowest BCUT2D eigenvalue weighted by Gasteiger charge is -2.19. The standard InChI is InChI=1S/C14H20FN3O2S/c1-17(2)9-10-18(3)21(19,20)13-7-6-12(5-4-8-16)14(15)11-13/h6-7,11H,8-10,16H2,1-3H3. The molecule has 0 atom stereocenters. The summed E-state index contributed by atoms with van der Waals surface area (Å²) in [5, 5.41) is 0. The van der Waals surface area contributed by atoms with Gasteiger partial charge in [0.1, 0.15) is 5.82 Å². The van der Waals surface area contributed by atoms with Crippen molar-refractivity contribution in [2.45, 2.75) is 4.90 Å². The molecule has 0 saturated heterocycles. The molecule has 21 heavy (non-hydrogen) atoms. The summed E-state index contributed by atoms with van der Waals surface area (Å²) in [4.78, 5) is 1.79. The molecule has 1 rings (SSSR count). The predicted octanol–water partition coefficient (Wildman–Crippen LogP) is 0.318. The number of nitrogens with two attached hydrogens (primary N) is 1. The second-order valence-corrected chi connectivity index (χ2v) is 6.82. The van der Waals surface area contributed by atoms with Gasteiger partial charge in [-0.1, -0.05) is 11.8 Å². The number of sulfonamides is 1. The smallest absolute Gasteiger partial charge is 0.242 e. The zero-order chi connectivity index (χ0) is 16.0. The molecule has 0 aliphatic carbocycles. The van der Waals surface area contributed by atoms with E-state index in [4.69, 9.17) is 5.73 Å². The van der Waals surface area contributed by atoms with Crippen LogP contribution in [0.25, 0.3) is 0 Å². The van der Waals surface area contributed by atoms with Gasteiger partial charge in [0, 0.05) is 20.1 Å². The Morgan fingerprint density at radius 3 is 2.43 bits per heavy atom. The Bertz CT molecular complexity index is 648. The Morgan fingerprint density at radius 1 is 1.24 bits per heavy atom. The summed E-state index contributed by atoms with van der Waals surface area (Å²) < 4.78 is 39.7. The normalized spacial score (nSPS) is 11.6. The minimum absolute atomic E-state index is 0.0837. The predicted molar refractivity (Wildman–Crippen MR) is 80.7 cm³/mol. The van der Waals surface area contributed by atoms with Crippen LogP contribution in [0.5, 0.6) is 0 Å². The summed E-state index contributed by atoms with van der Waals surface area (Å²) in [5.41, 5.74) is 5.36. The van der Waals surface area contributed by atoms with Crippen LogP contribution in [0.2, 0.25) is 0 Å². The Balaban J connectivity index is 3.01. The first-order chi connectivity index (χ1) is 9.78. The second kappa shape index (κ2) is 7.52. The number of likely N-dealkylation sites (N-methyl/N-ethyl adjacent to an activating group) is 2. The summed E-state index contributed by atoms with van der Waals surface area (Å²) >= 11 is 0. The lowest BCUT2D eigenvalue weighted by Crippen LogP contribution is -2.33. The molecule has 0 fully saturated rings. The number of benzene rings is 1. The highest BCUT2D eigenvalue weighted by molar-refractivity contribution is 7.89. The number of halogens is 1. The van der Waals surface area contributed by atoms with Crippen molar-refractivity contribution in [2.24, 2.45) is 5.73 Å². The van der Waals surface area contributed by atoms with E-state index in [0.717, 1.165) is 6.07 Å². The van der Waals surface area contributed by atoms with Crippen LogP contribution in [0.4, 0.5) is 4.39 Å². The highest BCUT2D eigenvalue weighted by Crippen LogP contribution is 2.17. The van der Waals surface area contributed by atoms with Gasteiger partial charge in [-0.2, -0.15) is 4.31 Å². The molecule has 5 nitrogen and oxygen atoms in total. The van der Waals surface area contributed by atoms with Gasteiger partial charge < -0.3 is 10.6 Å². The van der Waals surface area contributed by atoms with Crippen LogP contribution in [-0.4, -0.2) is 58.4 Å². The molecule has 0 aliphatic heterocycles. The Labute approximate surface area is 125 Å². The second-order valence-electron chi connectivity index (χ2n) is 4.78. The first kappa shape index (κ1) is 17.6. The minimum Gasteiger partial charge on any atom is -0.320 e. The molecular formula is C14H20FN3O2S. The molecule has 0 spiro atoms. The molecule has 0 bridgehead atoms. The van der Waals surface area contributed by atoms with Crippen molar-refractivity contribution in [1.82, 2.24) is 9.21 Å². The molecule has 0 amide bonds. The monoisotopic (exact) mass is 313 g/mol. The van der Waals surface area contributed by atoms with Crippen molar-refractivity contribution in [3.8, 4) is 11.8 Å². The van der Waals surface area contributed by atoms with Gasteiger partial charge in [-0.25, -0.2) is 12.8 Å². The van der Waals surface area contributed by atoms with Crippen LogP contribution in [0.15, 0.2) is 23.1 Å². The molecule has 2 N–H and O–H groups in total. The van der Waals surface area contributed by atoms with Crippen LogP contribution in [0.3, 0.4) is 0 Å². The van der Waals surface area contributed by atoms with Gasteiger partial charge in [-0.15, -0.1) is 0 Å². The fourth-order valence-corrected chi connectivity index (χ4v) is 2.72. The lowest BCUT2D eigenvalue weighted by molar-refractivity contribution is 0.358. The summed E-state index contributed by atoms with van der Waals surface area (Å²) in [5.74, 6) is 4.42. The summed E-state index contributed by atoms with van der Waals surface area (Å²) in [6.45, 7) is 1.02. The van der Waals surface area contributed by atoms with Gasteiger partial charge in [-0.05, 0) is 32.3 Å². The molecule has 0 unspecified atom stereocenters. The molecule has 0 heterocycles. The topological polar surface area (TPSA) is 66.6 Å². The molecule has 0 saturated carbocycles. The first-order valence-electron chi connectivity index (χ1n) is 6.38. The van der Waals surface area contributed by atoms with Crippen LogP contribution < -0.4 is 5.73 Å². The van der Waals surface area contributed by atoms with Gasteiger partial charge in [0.25, 0.3) is 0 Å².